The highest BCUT2D eigenvalue weighted by Gasteiger charge is 2.71. The van der Waals surface area contributed by atoms with Crippen LogP contribution in [0.3, 0.4) is 0 Å². The van der Waals surface area contributed by atoms with Gasteiger partial charge in [-0.1, -0.05) is 35.9 Å². The molecule has 3 aliphatic rings. The first-order chi connectivity index (χ1) is 14.9. The van der Waals surface area contributed by atoms with E-state index in [0.29, 0.717) is 12.1 Å². The van der Waals surface area contributed by atoms with Gasteiger partial charge < -0.3 is 4.90 Å². The van der Waals surface area contributed by atoms with Crippen molar-refractivity contribution in [1.29, 1.82) is 0 Å². The quantitative estimate of drug-likeness (QED) is 0.748. The van der Waals surface area contributed by atoms with Crippen LogP contribution in [0.1, 0.15) is 17.5 Å². The molecule has 2 fully saturated rings. The average molecular weight is 436 g/mol. The number of carbonyl (C=O) groups is 3. The Morgan fingerprint density at radius 1 is 1.03 bits per heavy atom. The van der Waals surface area contributed by atoms with Crippen LogP contribution in [-0.2, 0) is 19.9 Å². The van der Waals surface area contributed by atoms with E-state index in [0.717, 1.165) is 22.6 Å². The molecule has 1 N–H and O–H groups in total. The van der Waals surface area contributed by atoms with Gasteiger partial charge in [0.1, 0.15) is 5.54 Å². The Morgan fingerprint density at radius 3 is 2.45 bits per heavy atom. The van der Waals surface area contributed by atoms with Gasteiger partial charge in [0.25, 0.3) is 5.91 Å². The zero-order valence-corrected chi connectivity index (χ0v) is 18.6. The van der Waals surface area contributed by atoms with Crippen LogP contribution < -0.4 is 15.1 Å². The molecule has 3 aliphatic heterocycles. The van der Waals surface area contributed by atoms with Gasteiger partial charge >= 0.3 is 0 Å². The summed E-state index contributed by atoms with van der Waals surface area (Å²) in [4.78, 5) is 44.0. The van der Waals surface area contributed by atoms with Gasteiger partial charge in [-0.25, -0.2) is 4.90 Å². The summed E-state index contributed by atoms with van der Waals surface area (Å²) in [6, 6.07) is 14.7. The highest BCUT2D eigenvalue weighted by atomic mass is 32.2. The van der Waals surface area contributed by atoms with Crippen molar-refractivity contribution in [2.24, 2.45) is 11.8 Å². The molecule has 160 valence electrons. The molecular formula is C24H25N3O3S. The highest BCUT2D eigenvalue weighted by molar-refractivity contribution is 7.98. The molecule has 4 unspecified atom stereocenters. The van der Waals surface area contributed by atoms with E-state index in [1.54, 1.807) is 35.8 Å². The number of rotatable bonds is 4. The zero-order chi connectivity index (χ0) is 21.9. The number of thioether (sulfide) groups is 1. The number of nitrogens with one attached hydrogen (secondary N) is 1. The number of para-hydroxylation sites is 1. The molecule has 0 aromatic heterocycles. The Hall–Kier alpha value is -2.64. The maximum absolute atomic E-state index is 13.8. The Balaban J connectivity index is 1.66. The van der Waals surface area contributed by atoms with Crippen molar-refractivity contribution in [3.8, 4) is 0 Å². The highest BCUT2D eigenvalue weighted by Crippen LogP contribution is 2.55. The van der Waals surface area contributed by atoms with E-state index in [-0.39, 0.29) is 23.8 Å². The van der Waals surface area contributed by atoms with Crippen molar-refractivity contribution in [1.82, 2.24) is 5.32 Å². The van der Waals surface area contributed by atoms with E-state index in [9.17, 15) is 14.4 Å². The second-order valence-electron chi connectivity index (χ2n) is 8.57. The minimum atomic E-state index is -1.20. The number of likely N-dealkylation sites (N-methyl/N-ethyl adjacent to an activating group) is 1. The molecule has 3 amide bonds. The van der Waals surface area contributed by atoms with Crippen molar-refractivity contribution in [2.75, 3.05) is 28.9 Å². The van der Waals surface area contributed by atoms with Crippen LogP contribution in [-0.4, -0.2) is 42.8 Å². The molecule has 0 saturated carbocycles. The molecule has 1 spiro atoms. The van der Waals surface area contributed by atoms with Crippen molar-refractivity contribution in [3.05, 3.63) is 59.7 Å². The molecule has 6 nitrogen and oxygen atoms in total. The third-order valence-corrected chi connectivity index (χ3v) is 7.57. The zero-order valence-electron chi connectivity index (χ0n) is 17.8. The summed E-state index contributed by atoms with van der Waals surface area (Å²) in [5, 5.41) is 3.51. The van der Waals surface area contributed by atoms with Crippen molar-refractivity contribution in [3.63, 3.8) is 0 Å². The van der Waals surface area contributed by atoms with Crippen LogP contribution in [0.2, 0.25) is 0 Å². The largest absolute Gasteiger partial charge is 0.313 e. The first-order valence-electron chi connectivity index (χ1n) is 10.5. The monoisotopic (exact) mass is 435 g/mol. The summed E-state index contributed by atoms with van der Waals surface area (Å²) < 4.78 is 0. The number of amides is 3. The standard InChI is InChI=1S/C24H25N3O3S/c1-14-8-10-15(11-9-14)27-21(28)19-17(12-13-31-3)25-24(20(19)22(27)29)16-6-4-5-7-18(16)26(2)23(24)30/h4-11,17,19-20,25H,12-13H2,1-3H3. The lowest BCUT2D eigenvalue weighted by Crippen LogP contribution is -2.54. The van der Waals surface area contributed by atoms with E-state index in [4.69, 9.17) is 0 Å². The topological polar surface area (TPSA) is 69.7 Å². The van der Waals surface area contributed by atoms with E-state index in [1.807, 2.05) is 49.6 Å². The lowest BCUT2D eigenvalue weighted by molar-refractivity contribution is -0.131. The second-order valence-corrected chi connectivity index (χ2v) is 9.56. The number of nitrogens with zero attached hydrogens (tertiary/aromatic N) is 2. The summed E-state index contributed by atoms with van der Waals surface area (Å²) in [5.41, 5.74) is 2.00. The summed E-state index contributed by atoms with van der Waals surface area (Å²) in [6.07, 6.45) is 2.73. The molecule has 2 saturated heterocycles. The molecule has 31 heavy (non-hydrogen) atoms. The van der Waals surface area contributed by atoms with Gasteiger partial charge in [0.2, 0.25) is 11.8 Å². The minimum Gasteiger partial charge on any atom is -0.313 e. The molecule has 2 aromatic carbocycles. The average Bonchev–Trinajstić information content (AvgIpc) is 3.33. The van der Waals surface area contributed by atoms with Gasteiger partial charge in [-0.3, -0.25) is 19.7 Å². The first kappa shape index (κ1) is 20.3. The SMILES string of the molecule is CSCCC1NC2(C(=O)N(C)c3ccccc32)C2C(=O)N(c3ccc(C)cc3)C(=O)C12. The van der Waals surface area contributed by atoms with E-state index < -0.39 is 17.4 Å². The molecule has 0 radical (unpaired) electrons. The molecular weight excluding hydrogens is 410 g/mol. The number of anilines is 2. The summed E-state index contributed by atoms with van der Waals surface area (Å²) in [5.74, 6) is -1.15. The van der Waals surface area contributed by atoms with E-state index >= 15 is 0 Å². The maximum atomic E-state index is 13.8. The summed E-state index contributed by atoms with van der Waals surface area (Å²) in [7, 11) is 1.74. The fraction of sp³-hybridized carbons (Fsp3) is 0.375. The minimum absolute atomic E-state index is 0.165. The number of hydrogen-bond acceptors (Lipinski definition) is 5. The third-order valence-electron chi connectivity index (χ3n) is 6.92. The number of imide groups is 1. The van der Waals surface area contributed by atoms with Crippen LogP contribution in [0.5, 0.6) is 0 Å². The predicted molar refractivity (Wildman–Crippen MR) is 122 cm³/mol. The van der Waals surface area contributed by atoms with Crippen LogP contribution in [0, 0.1) is 18.8 Å². The van der Waals surface area contributed by atoms with E-state index in [1.165, 1.54) is 4.90 Å². The first-order valence-corrected chi connectivity index (χ1v) is 11.9. The van der Waals surface area contributed by atoms with Crippen molar-refractivity contribution >= 4 is 40.9 Å². The predicted octanol–water partition coefficient (Wildman–Crippen LogP) is 2.70. The van der Waals surface area contributed by atoms with Gasteiger partial charge in [-0.15, -0.1) is 0 Å². The molecule has 7 heteroatoms. The molecule has 2 aromatic rings. The number of carbonyl (C=O) groups excluding carboxylic acids is 3. The Kier molecular flexibility index (Phi) is 4.71. The normalized spacial score (nSPS) is 29.3. The number of aryl methyl sites for hydroxylation is 1. The van der Waals surface area contributed by atoms with Crippen molar-refractivity contribution < 1.29 is 14.4 Å². The van der Waals surface area contributed by atoms with Gasteiger partial charge in [-0.2, -0.15) is 11.8 Å². The van der Waals surface area contributed by atoms with E-state index in [2.05, 4.69) is 5.32 Å². The number of fused-ring (bicyclic) bond motifs is 4. The molecule has 3 heterocycles. The summed E-state index contributed by atoms with van der Waals surface area (Å²) in [6.45, 7) is 1.97. The lowest BCUT2D eigenvalue weighted by Gasteiger charge is -2.30. The van der Waals surface area contributed by atoms with Crippen molar-refractivity contribution in [2.45, 2.75) is 24.9 Å². The Morgan fingerprint density at radius 2 is 1.74 bits per heavy atom. The second kappa shape index (κ2) is 7.21. The fourth-order valence-corrected chi connectivity index (χ4v) is 5.99. The molecule has 0 bridgehead atoms. The van der Waals surface area contributed by atoms with Gasteiger partial charge in [0.05, 0.1) is 17.5 Å². The number of hydrogen-bond donors (Lipinski definition) is 1. The summed E-state index contributed by atoms with van der Waals surface area (Å²) >= 11 is 1.70. The van der Waals surface area contributed by atoms with Crippen LogP contribution in [0.25, 0.3) is 0 Å². The third kappa shape index (κ3) is 2.66. The molecule has 4 atom stereocenters. The Bertz CT molecular complexity index is 1090. The van der Waals surface area contributed by atoms with Crippen LogP contribution >= 0.6 is 11.8 Å². The fourth-order valence-electron chi connectivity index (χ4n) is 5.50. The van der Waals surface area contributed by atoms with Gasteiger partial charge in [0, 0.05) is 24.3 Å². The Labute approximate surface area is 186 Å². The molecule has 5 rings (SSSR count). The van der Waals surface area contributed by atoms with Crippen LogP contribution in [0.15, 0.2) is 48.5 Å². The molecule has 0 aliphatic carbocycles. The lowest BCUT2D eigenvalue weighted by atomic mass is 9.76. The van der Waals surface area contributed by atoms with Crippen LogP contribution in [0.4, 0.5) is 11.4 Å². The smallest absolute Gasteiger partial charge is 0.252 e. The van der Waals surface area contributed by atoms with Gasteiger partial charge in [0.15, 0.2) is 0 Å². The maximum Gasteiger partial charge on any atom is 0.252 e. The van der Waals surface area contributed by atoms with Gasteiger partial charge in [-0.05, 0) is 43.6 Å². The number of benzene rings is 2.